The second-order valence-electron chi connectivity index (χ2n) is 5.19. The predicted octanol–water partition coefficient (Wildman–Crippen LogP) is 1.84. The smallest absolute Gasteiger partial charge is 0.338 e. The minimum absolute atomic E-state index is 0.0230. The van der Waals surface area contributed by atoms with E-state index in [-0.39, 0.29) is 17.8 Å². The van der Waals surface area contributed by atoms with Crippen LogP contribution < -0.4 is 16.0 Å². The zero-order chi connectivity index (χ0) is 15.9. The van der Waals surface area contributed by atoms with Gasteiger partial charge in [0, 0.05) is 13.1 Å². The number of nitrogens with one attached hydrogen (secondary N) is 3. The van der Waals surface area contributed by atoms with E-state index in [0.717, 1.165) is 25.2 Å². The van der Waals surface area contributed by atoms with Gasteiger partial charge in [-0.1, -0.05) is 0 Å². The summed E-state index contributed by atoms with van der Waals surface area (Å²) in [5, 5.41) is 9.29. The van der Waals surface area contributed by atoms with Gasteiger partial charge in [-0.3, -0.25) is 4.79 Å². The first-order valence-corrected chi connectivity index (χ1v) is 7.72. The quantitative estimate of drug-likeness (QED) is 0.699. The minimum atomic E-state index is -0.386. The van der Waals surface area contributed by atoms with Crippen LogP contribution in [0.4, 0.5) is 11.4 Å². The molecule has 1 aliphatic heterocycles. The van der Waals surface area contributed by atoms with E-state index < -0.39 is 0 Å². The number of hydrogen-bond donors (Lipinski definition) is 3. The number of ether oxygens (including phenoxy) is 1. The lowest BCUT2D eigenvalue weighted by Crippen LogP contribution is -2.25. The number of anilines is 2. The summed E-state index contributed by atoms with van der Waals surface area (Å²) in [6.45, 7) is 6.35. The molecule has 1 unspecified atom stereocenters. The molecule has 1 aliphatic rings. The van der Waals surface area contributed by atoms with Crippen molar-refractivity contribution in [1.82, 2.24) is 5.32 Å². The van der Waals surface area contributed by atoms with E-state index in [0.29, 0.717) is 24.4 Å². The number of benzene rings is 1. The van der Waals surface area contributed by atoms with Gasteiger partial charge in [-0.25, -0.2) is 4.79 Å². The average molecular weight is 305 g/mol. The molecule has 1 aromatic carbocycles. The highest BCUT2D eigenvalue weighted by molar-refractivity contribution is 5.99. The van der Waals surface area contributed by atoms with Gasteiger partial charge in [0.25, 0.3) is 0 Å². The summed E-state index contributed by atoms with van der Waals surface area (Å²) < 4.78 is 5.01. The van der Waals surface area contributed by atoms with Gasteiger partial charge in [0.2, 0.25) is 5.91 Å². The van der Waals surface area contributed by atoms with Crippen molar-refractivity contribution in [2.45, 2.75) is 20.3 Å². The molecule has 3 N–H and O–H groups in total. The number of amides is 1. The first kappa shape index (κ1) is 16.3. The van der Waals surface area contributed by atoms with Crippen LogP contribution in [0.3, 0.4) is 0 Å². The zero-order valence-electron chi connectivity index (χ0n) is 13.1. The molecule has 6 heteroatoms. The molecule has 1 saturated heterocycles. The molecule has 2 rings (SSSR count). The summed E-state index contributed by atoms with van der Waals surface area (Å²) >= 11 is 0. The number of rotatable bonds is 6. The second-order valence-corrected chi connectivity index (χ2v) is 5.19. The van der Waals surface area contributed by atoms with Gasteiger partial charge in [0.05, 0.1) is 29.5 Å². The van der Waals surface area contributed by atoms with E-state index in [1.54, 1.807) is 25.1 Å². The van der Waals surface area contributed by atoms with E-state index in [4.69, 9.17) is 4.74 Å². The molecule has 1 heterocycles. The Morgan fingerprint density at radius 1 is 1.32 bits per heavy atom. The van der Waals surface area contributed by atoms with Crippen molar-refractivity contribution in [3.8, 4) is 0 Å². The lowest BCUT2D eigenvalue weighted by atomic mass is 10.1. The highest BCUT2D eigenvalue weighted by Gasteiger charge is 2.23. The number of carbonyl (C=O) groups is 2. The molecule has 6 nitrogen and oxygen atoms in total. The summed E-state index contributed by atoms with van der Waals surface area (Å²) in [4.78, 5) is 24.1. The predicted molar refractivity (Wildman–Crippen MR) is 86.2 cm³/mol. The van der Waals surface area contributed by atoms with Crippen molar-refractivity contribution < 1.29 is 14.3 Å². The normalized spacial score (nSPS) is 17.1. The van der Waals surface area contributed by atoms with Crippen molar-refractivity contribution in [2.75, 3.05) is 36.9 Å². The molecular formula is C16H23N3O3. The Balaban J connectivity index is 2.19. The molecular weight excluding hydrogens is 282 g/mol. The summed E-state index contributed by atoms with van der Waals surface area (Å²) in [6, 6.07) is 5.15. The Labute approximate surface area is 130 Å². The van der Waals surface area contributed by atoms with Gasteiger partial charge in [0.15, 0.2) is 0 Å². The van der Waals surface area contributed by atoms with Crippen LogP contribution in [-0.4, -0.2) is 38.1 Å². The molecule has 0 spiro atoms. The Kier molecular flexibility index (Phi) is 5.77. The van der Waals surface area contributed by atoms with Gasteiger partial charge >= 0.3 is 5.97 Å². The maximum Gasteiger partial charge on any atom is 0.338 e. The molecule has 1 amide bonds. The van der Waals surface area contributed by atoms with E-state index in [2.05, 4.69) is 16.0 Å². The fraction of sp³-hybridized carbons (Fsp3) is 0.500. The van der Waals surface area contributed by atoms with Gasteiger partial charge < -0.3 is 20.7 Å². The first-order chi connectivity index (χ1) is 10.7. The number of carbonyl (C=O) groups excluding carboxylic acids is 2. The third-order valence-electron chi connectivity index (χ3n) is 3.59. The molecule has 0 aromatic heterocycles. The third-order valence-corrected chi connectivity index (χ3v) is 3.59. The zero-order valence-corrected chi connectivity index (χ0v) is 13.1. The highest BCUT2D eigenvalue weighted by Crippen LogP contribution is 2.25. The Morgan fingerprint density at radius 3 is 2.77 bits per heavy atom. The average Bonchev–Trinajstić information content (AvgIpc) is 3.04. The molecule has 1 atom stereocenters. The van der Waals surface area contributed by atoms with E-state index in [1.165, 1.54) is 0 Å². The lowest BCUT2D eigenvalue weighted by molar-refractivity contribution is -0.119. The Bertz CT molecular complexity index is 539. The lowest BCUT2D eigenvalue weighted by Gasteiger charge is -2.15. The van der Waals surface area contributed by atoms with Crippen molar-refractivity contribution in [2.24, 2.45) is 5.92 Å². The molecule has 120 valence electrons. The monoisotopic (exact) mass is 305 g/mol. The fourth-order valence-corrected chi connectivity index (χ4v) is 2.45. The topological polar surface area (TPSA) is 79.5 Å². The third kappa shape index (κ3) is 3.98. The van der Waals surface area contributed by atoms with Crippen LogP contribution in [0, 0.1) is 5.92 Å². The van der Waals surface area contributed by atoms with Crippen LogP contribution in [0.15, 0.2) is 18.2 Å². The SMILES string of the molecule is CCNc1ccc(C(=O)OCC)cc1NC(=O)C1CCNC1. The van der Waals surface area contributed by atoms with E-state index in [1.807, 2.05) is 6.92 Å². The molecule has 1 aromatic rings. The molecule has 0 saturated carbocycles. The maximum atomic E-state index is 12.3. The fourth-order valence-electron chi connectivity index (χ4n) is 2.45. The minimum Gasteiger partial charge on any atom is -0.462 e. The van der Waals surface area contributed by atoms with Crippen molar-refractivity contribution in [3.63, 3.8) is 0 Å². The van der Waals surface area contributed by atoms with Crippen molar-refractivity contribution in [3.05, 3.63) is 23.8 Å². The Morgan fingerprint density at radius 2 is 2.14 bits per heavy atom. The summed E-state index contributed by atoms with van der Waals surface area (Å²) in [7, 11) is 0. The second kappa shape index (κ2) is 7.79. The summed E-state index contributed by atoms with van der Waals surface area (Å²) in [6.07, 6.45) is 0.833. The van der Waals surface area contributed by atoms with E-state index >= 15 is 0 Å². The van der Waals surface area contributed by atoms with Crippen LogP contribution in [0.25, 0.3) is 0 Å². The van der Waals surface area contributed by atoms with E-state index in [9.17, 15) is 9.59 Å². The Hall–Kier alpha value is -2.08. The standard InChI is InChI=1S/C16H23N3O3/c1-3-18-13-6-5-11(16(21)22-4-2)9-14(13)19-15(20)12-7-8-17-10-12/h5-6,9,12,17-18H,3-4,7-8,10H2,1-2H3,(H,19,20). The van der Waals surface area contributed by atoms with Gasteiger partial charge in [0.1, 0.15) is 0 Å². The molecule has 0 aliphatic carbocycles. The molecule has 0 bridgehead atoms. The molecule has 0 radical (unpaired) electrons. The van der Waals surface area contributed by atoms with Gasteiger partial charge in [-0.2, -0.15) is 0 Å². The van der Waals surface area contributed by atoms with Gasteiger partial charge in [-0.15, -0.1) is 0 Å². The number of esters is 1. The molecule has 1 fully saturated rings. The van der Waals surface area contributed by atoms with Crippen LogP contribution in [-0.2, 0) is 9.53 Å². The van der Waals surface area contributed by atoms with Crippen molar-refractivity contribution in [1.29, 1.82) is 0 Å². The van der Waals surface area contributed by atoms with Crippen LogP contribution in [0.2, 0.25) is 0 Å². The van der Waals surface area contributed by atoms with Gasteiger partial charge in [-0.05, 0) is 45.0 Å². The van der Waals surface area contributed by atoms with Crippen LogP contribution in [0.5, 0.6) is 0 Å². The maximum absolute atomic E-state index is 12.3. The first-order valence-electron chi connectivity index (χ1n) is 7.72. The van der Waals surface area contributed by atoms with Crippen LogP contribution in [0.1, 0.15) is 30.6 Å². The van der Waals surface area contributed by atoms with Crippen LogP contribution >= 0.6 is 0 Å². The largest absolute Gasteiger partial charge is 0.462 e. The summed E-state index contributed by atoms with van der Waals surface area (Å²) in [5.41, 5.74) is 1.85. The summed E-state index contributed by atoms with van der Waals surface area (Å²) in [5.74, 6) is -0.436. The highest BCUT2D eigenvalue weighted by atomic mass is 16.5. The number of hydrogen-bond acceptors (Lipinski definition) is 5. The molecule has 22 heavy (non-hydrogen) atoms. The van der Waals surface area contributed by atoms with Crippen molar-refractivity contribution >= 4 is 23.3 Å².